The van der Waals surface area contributed by atoms with Crippen molar-refractivity contribution in [3.8, 4) is 5.75 Å². The second kappa shape index (κ2) is 8.42. The molecule has 0 aromatic heterocycles. The molecule has 1 unspecified atom stereocenters. The maximum absolute atomic E-state index is 13.4. The van der Waals surface area contributed by atoms with Gasteiger partial charge in [0.25, 0.3) is 5.91 Å². The summed E-state index contributed by atoms with van der Waals surface area (Å²) in [6.07, 6.45) is -1.61. The summed E-state index contributed by atoms with van der Waals surface area (Å²) in [6.45, 7) is 1.84. The van der Waals surface area contributed by atoms with Crippen LogP contribution >= 0.6 is 0 Å². The maximum Gasteiger partial charge on any atom is 0.255 e. The Bertz CT molecular complexity index is 1160. The molecule has 34 heavy (non-hydrogen) atoms. The van der Waals surface area contributed by atoms with Gasteiger partial charge in [-0.15, -0.1) is 0 Å². The minimum absolute atomic E-state index is 0.0243. The number of aliphatic hydroxyl groups excluding tert-OH is 3. The Morgan fingerprint density at radius 1 is 1.26 bits per heavy atom. The molecule has 6 atom stereocenters. The van der Waals surface area contributed by atoms with Crippen LogP contribution in [-0.4, -0.2) is 70.8 Å². The van der Waals surface area contributed by atoms with Crippen molar-refractivity contribution in [2.75, 3.05) is 11.5 Å². The number of carbonyl (C=O) groups is 3. The summed E-state index contributed by atoms with van der Waals surface area (Å²) < 4.78 is 12.7. The average Bonchev–Trinajstić information content (AvgIpc) is 2.76. The second-order valence-electron chi connectivity index (χ2n) is 8.86. The van der Waals surface area contributed by atoms with Gasteiger partial charge in [-0.1, -0.05) is 30.2 Å². The monoisotopic (exact) mass is 491 g/mol. The first kappa shape index (κ1) is 24.3. The van der Waals surface area contributed by atoms with E-state index >= 15 is 0 Å². The minimum atomic E-state index is -2.90. The molecule has 7 N–H and O–H groups in total. The molecule has 0 saturated carbocycles. The SMILES string of the molecule is CCC[S+]([O-])C[C@H]1c2cccc(O)c2C(=O)C2=C(O)[C@]3(O)C(=O)C(C(N)=O)=C(O)C[C@@H]3[C@@H](O)[C@@H]21. The van der Waals surface area contributed by atoms with E-state index in [1.807, 2.05) is 6.92 Å². The van der Waals surface area contributed by atoms with E-state index in [1.54, 1.807) is 6.07 Å². The van der Waals surface area contributed by atoms with Crippen molar-refractivity contribution in [1.29, 1.82) is 0 Å². The molecule has 3 aliphatic carbocycles. The second-order valence-corrected chi connectivity index (χ2v) is 10.5. The van der Waals surface area contributed by atoms with Crippen molar-refractivity contribution in [1.82, 2.24) is 0 Å². The zero-order valence-electron chi connectivity index (χ0n) is 18.2. The van der Waals surface area contributed by atoms with Crippen molar-refractivity contribution in [2.24, 2.45) is 17.6 Å². The van der Waals surface area contributed by atoms with Crippen LogP contribution in [0.5, 0.6) is 5.75 Å². The number of aliphatic hydroxyl groups is 4. The van der Waals surface area contributed by atoms with Gasteiger partial charge in [0.2, 0.25) is 5.78 Å². The number of nitrogens with two attached hydrogens (primary N) is 1. The van der Waals surface area contributed by atoms with Gasteiger partial charge in [0.05, 0.1) is 11.7 Å². The Labute approximate surface area is 197 Å². The van der Waals surface area contributed by atoms with Crippen molar-refractivity contribution in [2.45, 2.75) is 37.4 Å². The Kier molecular flexibility index (Phi) is 6.01. The number of phenols is 1. The summed E-state index contributed by atoms with van der Waals surface area (Å²) in [6, 6.07) is 4.30. The smallest absolute Gasteiger partial charge is 0.255 e. The molecule has 0 bridgehead atoms. The highest BCUT2D eigenvalue weighted by Crippen LogP contribution is 2.55. The summed E-state index contributed by atoms with van der Waals surface area (Å²) >= 11 is -1.39. The number of amides is 1. The van der Waals surface area contributed by atoms with Gasteiger partial charge in [-0.3, -0.25) is 14.4 Å². The number of fused-ring (bicyclic) bond motifs is 3. The standard InChI is InChI=1S/C23H25NO9S/c1-2-6-34(33)8-10-9-4-3-5-12(25)14(9)19(28)17-15(10)18(27)11-7-13(26)16(22(24)31)20(29)23(11,32)21(17)30/h3-5,10-11,15,18,25-27,30,32H,2,6-8H2,1H3,(H2,24,31)/t10-,11+,15+,18+,23+,34?/m0/s1. The van der Waals surface area contributed by atoms with Crippen molar-refractivity contribution < 1.29 is 44.5 Å². The number of Topliss-reactive ketones (excluding diaryl/α,β-unsaturated/α-hetero) is 2. The average molecular weight is 492 g/mol. The number of primary amides is 1. The molecule has 4 rings (SSSR count). The molecule has 0 radical (unpaired) electrons. The van der Waals surface area contributed by atoms with E-state index in [1.165, 1.54) is 12.1 Å². The van der Waals surface area contributed by atoms with Crippen LogP contribution in [0.4, 0.5) is 0 Å². The third-order valence-electron chi connectivity index (χ3n) is 6.96. The molecule has 0 heterocycles. The van der Waals surface area contributed by atoms with E-state index in [2.05, 4.69) is 0 Å². The molecular formula is C23H25NO9S. The lowest BCUT2D eigenvalue weighted by atomic mass is 9.56. The molecule has 1 aromatic carbocycles. The predicted molar refractivity (Wildman–Crippen MR) is 119 cm³/mol. The third kappa shape index (κ3) is 3.26. The molecule has 182 valence electrons. The first-order valence-corrected chi connectivity index (χ1v) is 12.3. The highest BCUT2D eigenvalue weighted by molar-refractivity contribution is 7.91. The summed E-state index contributed by atoms with van der Waals surface area (Å²) in [5.41, 5.74) is 0.977. The van der Waals surface area contributed by atoms with Gasteiger partial charge in [0.15, 0.2) is 11.4 Å². The molecule has 0 fully saturated rings. The third-order valence-corrected chi connectivity index (χ3v) is 8.56. The highest BCUT2D eigenvalue weighted by atomic mass is 32.2. The lowest BCUT2D eigenvalue weighted by Gasteiger charge is -2.50. The Balaban J connectivity index is 1.97. The minimum Gasteiger partial charge on any atom is -0.616 e. The number of benzene rings is 1. The lowest BCUT2D eigenvalue weighted by molar-refractivity contribution is -0.154. The fourth-order valence-corrected chi connectivity index (χ4v) is 6.89. The first-order valence-electron chi connectivity index (χ1n) is 10.8. The van der Waals surface area contributed by atoms with Crippen LogP contribution in [0.1, 0.15) is 41.6 Å². The fraction of sp³-hybridized carbons (Fsp3) is 0.435. The van der Waals surface area contributed by atoms with Crippen LogP contribution in [-0.2, 0) is 20.8 Å². The Morgan fingerprint density at radius 2 is 1.94 bits per heavy atom. The van der Waals surface area contributed by atoms with Crippen LogP contribution in [0, 0.1) is 11.8 Å². The molecule has 11 heteroatoms. The number of rotatable bonds is 5. The zero-order valence-corrected chi connectivity index (χ0v) is 19.0. The van der Waals surface area contributed by atoms with Crippen molar-refractivity contribution in [3.63, 3.8) is 0 Å². The van der Waals surface area contributed by atoms with E-state index < -0.39 is 92.9 Å². The number of hydrogen-bond acceptors (Lipinski definition) is 9. The molecular weight excluding hydrogens is 466 g/mol. The van der Waals surface area contributed by atoms with Crippen LogP contribution < -0.4 is 5.73 Å². The highest BCUT2D eigenvalue weighted by Gasteiger charge is 2.64. The van der Waals surface area contributed by atoms with E-state index in [0.717, 1.165) is 0 Å². The van der Waals surface area contributed by atoms with E-state index in [-0.39, 0.29) is 11.3 Å². The quantitative estimate of drug-likeness (QED) is 0.246. The topological polar surface area (TPSA) is 201 Å². The fourth-order valence-electron chi connectivity index (χ4n) is 5.48. The number of allylic oxidation sites excluding steroid dienone is 1. The molecule has 10 nitrogen and oxygen atoms in total. The number of ketones is 2. The lowest BCUT2D eigenvalue weighted by Crippen LogP contribution is -2.63. The van der Waals surface area contributed by atoms with E-state index in [4.69, 9.17) is 5.73 Å². The van der Waals surface area contributed by atoms with Gasteiger partial charge in [0.1, 0.15) is 34.3 Å². The van der Waals surface area contributed by atoms with Gasteiger partial charge in [-0.2, -0.15) is 0 Å². The summed E-state index contributed by atoms with van der Waals surface area (Å²) in [5, 5.41) is 54.5. The number of hydrogen-bond donors (Lipinski definition) is 6. The maximum atomic E-state index is 13.4. The van der Waals surface area contributed by atoms with Gasteiger partial charge in [-0.05, 0) is 18.1 Å². The molecule has 1 aromatic rings. The van der Waals surface area contributed by atoms with Gasteiger partial charge in [-0.25, -0.2) is 0 Å². The Morgan fingerprint density at radius 3 is 2.56 bits per heavy atom. The predicted octanol–water partition coefficient (Wildman–Crippen LogP) is 0.251. The number of aromatic hydroxyl groups is 1. The van der Waals surface area contributed by atoms with Gasteiger partial charge in [0, 0.05) is 29.7 Å². The molecule has 3 aliphatic rings. The molecule has 0 saturated heterocycles. The van der Waals surface area contributed by atoms with E-state index in [9.17, 15) is 44.5 Å². The first-order chi connectivity index (χ1) is 16.0. The van der Waals surface area contributed by atoms with Crippen LogP contribution in [0.3, 0.4) is 0 Å². The normalized spacial score (nSPS) is 31.6. The van der Waals surface area contributed by atoms with Crippen molar-refractivity contribution in [3.05, 3.63) is 52.0 Å². The van der Waals surface area contributed by atoms with E-state index in [0.29, 0.717) is 17.7 Å². The summed E-state index contributed by atoms with van der Waals surface area (Å²) in [7, 11) is 0. The van der Waals surface area contributed by atoms with Gasteiger partial charge < -0.3 is 35.8 Å². The zero-order chi connectivity index (χ0) is 25.1. The Hall–Kier alpha value is -2.86. The molecule has 0 aliphatic heterocycles. The molecule has 0 spiro atoms. The van der Waals surface area contributed by atoms with Crippen LogP contribution in [0.15, 0.2) is 40.9 Å². The number of carbonyl (C=O) groups excluding carboxylic acids is 3. The van der Waals surface area contributed by atoms with Gasteiger partial charge >= 0.3 is 0 Å². The van der Waals surface area contributed by atoms with Crippen LogP contribution in [0.25, 0.3) is 0 Å². The largest absolute Gasteiger partial charge is 0.616 e. The van der Waals surface area contributed by atoms with Crippen LogP contribution in [0.2, 0.25) is 0 Å². The number of phenolic OH excluding ortho intramolecular Hbond substituents is 1. The van der Waals surface area contributed by atoms with Crippen molar-refractivity contribution >= 4 is 28.6 Å². The molecule has 1 amide bonds. The summed E-state index contributed by atoms with van der Waals surface area (Å²) in [4.78, 5) is 38.2. The summed E-state index contributed by atoms with van der Waals surface area (Å²) in [5.74, 6) is -9.12.